The third kappa shape index (κ3) is 8.32. The molecule has 0 aromatic heterocycles. The van der Waals surface area contributed by atoms with E-state index in [4.69, 9.17) is 27.9 Å². The maximum absolute atomic E-state index is 12.3. The number of amides is 2. The van der Waals surface area contributed by atoms with Crippen LogP contribution in [0.15, 0.2) is 18.2 Å². The lowest BCUT2D eigenvalue weighted by Gasteiger charge is -2.38. The van der Waals surface area contributed by atoms with Gasteiger partial charge in [-0.05, 0) is 61.0 Å². The van der Waals surface area contributed by atoms with Crippen LogP contribution in [-0.4, -0.2) is 49.7 Å². The quantitative estimate of drug-likeness (QED) is 0.632. The van der Waals surface area contributed by atoms with Crippen LogP contribution >= 0.6 is 23.2 Å². The van der Waals surface area contributed by atoms with Crippen molar-refractivity contribution in [1.29, 1.82) is 0 Å². The fourth-order valence-corrected chi connectivity index (χ4v) is 4.19. The number of hydrogen-bond donors (Lipinski definition) is 2. The van der Waals surface area contributed by atoms with E-state index in [1.165, 1.54) is 7.11 Å². The molecule has 1 aromatic rings. The zero-order valence-electron chi connectivity index (χ0n) is 18.3. The van der Waals surface area contributed by atoms with Crippen molar-refractivity contribution in [1.82, 2.24) is 15.5 Å². The number of ether oxygens (including phenoxy) is 1. The molecule has 1 saturated heterocycles. The highest BCUT2D eigenvalue weighted by Gasteiger charge is 2.30. The Morgan fingerprint density at radius 1 is 1.17 bits per heavy atom. The van der Waals surface area contributed by atoms with E-state index in [-0.39, 0.29) is 17.4 Å². The van der Waals surface area contributed by atoms with Crippen molar-refractivity contribution in [2.24, 2.45) is 11.3 Å². The second-order valence-corrected chi connectivity index (χ2v) is 9.93. The summed E-state index contributed by atoms with van der Waals surface area (Å²) < 4.78 is 4.77. The number of alkyl carbamates (subject to hydrolysis) is 1. The Morgan fingerprint density at radius 3 is 2.30 bits per heavy atom. The molecule has 1 aromatic carbocycles. The summed E-state index contributed by atoms with van der Waals surface area (Å²) in [5.74, 6) is 0.412. The highest BCUT2D eigenvalue weighted by molar-refractivity contribution is 6.34. The monoisotopic (exact) mass is 457 g/mol. The SMILES string of the molecule is COC(=O)NC(CN1CCC(CC(=O)NCc2cc(Cl)cc(Cl)c2)CC1)C(C)(C)C. The van der Waals surface area contributed by atoms with Crippen molar-refractivity contribution in [3.8, 4) is 0 Å². The van der Waals surface area contributed by atoms with E-state index in [2.05, 4.69) is 36.3 Å². The number of piperidine rings is 1. The first-order valence-corrected chi connectivity index (χ1v) is 11.1. The summed E-state index contributed by atoms with van der Waals surface area (Å²) in [4.78, 5) is 26.4. The zero-order chi connectivity index (χ0) is 22.3. The molecule has 0 saturated carbocycles. The average molecular weight is 458 g/mol. The molecule has 1 heterocycles. The Bertz CT molecular complexity index is 709. The van der Waals surface area contributed by atoms with Gasteiger partial charge in [-0.3, -0.25) is 4.79 Å². The highest BCUT2D eigenvalue weighted by Crippen LogP contribution is 2.25. The molecule has 1 fully saturated rings. The number of hydrogen-bond acceptors (Lipinski definition) is 4. The van der Waals surface area contributed by atoms with Crippen LogP contribution in [0.4, 0.5) is 4.79 Å². The van der Waals surface area contributed by atoms with Crippen molar-refractivity contribution in [3.63, 3.8) is 0 Å². The lowest BCUT2D eigenvalue weighted by atomic mass is 9.85. The summed E-state index contributed by atoms with van der Waals surface area (Å²) in [6.45, 7) is 9.35. The molecular formula is C22H33Cl2N3O3. The molecule has 30 heavy (non-hydrogen) atoms. The largest absolute Gasteiger partial charge is 0.453 e. The number of nitrogens with zero attached hydrogens (tertiary/aromatic N) is 1. The van der Waals surface area contributed by atoms with Gasteiger partial charge in [0.15, 0.2) is 0 Å². The number of carbonyl (C=O) groups is 2. The number of nitrogens with one attached hydrogen (secondary N) is 2. The standard InChI is InChI=1S/C22H33Cl2N3O3/c1-22(2,3)19(26-21(29)30-4)14-27-7-5-15(6-8-27)11-20(28)25-13-16-9-17(23)12-18(24)10-16/h9-10,12,15,19H,5-8,11,13-14H2,1-4H3,(H,25,28)(H,26,29). The minimum atomic E-state index is -0.400. The van der Waals surface area contributed by atoms with Gasteiger partial charge in [-0.2, -0.15) is 0 Å². The van der Waals surface area contributed by atoms with Gasteiger partial charge in [0.05, 0.1) is 7.11 Å². The Morgan fingerprint density at radius 2 is 1.77 bits per heavy atom. The fourth-order valence-electron chi connectivity index (χ4n) is 3.62. The topological polar surface area (TPSA) is 70.7 Å². The number of methoxy groups -OCH3 is 1. The fraction of sp³-hybridized carbons (Fsp3) is 0.636. The minimum absolute atomic E-state index is 0.00526. The van der Waals surface area contributed by atoms with Crippen LogP contribution in [0.2, 0.25) is 10.0 Å². The Hall–Kier alpha value is -1.50. The Labute approximate surface area is 189 Å². The maximum Gasteiger partial charge on any atom is 0.407 e. The number of likely N-dealkylation sites (tertiary alicyclic amines) is 1. The van der Waals surface area contributed by atoms with E-state index in [9.17, 15) is 9.59 Å². The first kappa shape index (κ1) is 24.8. The average Bonchev–Trinajstić information content (AvgIpc) is 2.65. The Kier molecular flexibility index (Phi) is 9.26. The molecule has 2 rings (SSSR count). The minimum Gasteiger partial charge on any atom is -0.453 e. The third-order valence-electron chi connectivity index (χ3n) is 5.56. The maximum atomic E-state index is 12.3. The van der Waals surface area contributed by atoms with E-state index < -0.39 is 6.09 Å². The van der Waals surface area contributed by atoms with Gasteiger partial charge in [0.25, 0.3) is 0 Å². The van der Waals surface area contributed by atoms with Gasteiger partial charge >= 0.3 is 6.09 Å². The molecule has 0 spiro atoms. The van der Waals surface area contributed by atoms with Crippen LogP contribution in [0.5, 0.6) is 0 Å². The van der Waals surface area contributed by atoms with Gasteiger partial charge in [-0.25, -0.2) is 4.79 Å². The predicted molar refractivity (Wildman–Crippen MR) is 121 cm³/mol. The zero-order valence-corrected chi connectivity index (χ0v) is 19.8. The number of halogens is 2. The van der Waals surface area contributed by atoms with Crippen molar-refractivity contribution in [2.75, 3.05) is 26.7 Å². The summed E-state index contributed by atoms with van der Waals surface area (Å²) in [5.41, 5.74) is 0.815. The van der Waals surface area contributed by atoms with Crippen molar-refractivity contribution in [2.45, 2.75) is 52.6 Å². The molecule has 0 radical (unpaired) electrons. The number of rotatable bonds is 7. The van der Waals surface area contributed by atoms with Crippen LogP contribution in [0, 0.1) is 11.3 Å². The lowest BCUT2D eigenvalue weighted by Crippen LogP contribution is -2.52. The molecule has 168 valence electrons. The molecule has 0 aliphatic carbocycles. The summed E-state index contributed by atoms with van der Waals surface area (Å²) in [5, 5.41) is 7.04. The van der Waals surface area contributed by atoms with Crippen molar-refractivity contribution < 1.29 is 14.3 Å². The summed E-state index contributed by atoms with van der Waals surface area (Å²) in [6, 6.07) is 5.28. The van der Waals surface area contributed by atoms with E-state index >= 15 is 0 Å². The summed E-state index contributed by atoms with van der Waals surface area (Å²) >= 11 is 12.0. The first-order valence-electron chi connectivity index (χ1n) is 10.4. The predicted octanol–water partition coefficient (Wildman–Crippen LogP) is 4.48. The molecule has 1 unspecified atom stereocenters. The van der Waals surface area contributed by atoms with Gasteiger partial charge in [0, 0.05) is 35.6 Å². The highest BCUT2D eigenvalue weighted by atomic mass is 35.5. The van der Waals surface area contributed by atoms with E-state index in [1.54, 1.807) is 18.2 Å². The molecule has 2 N–H and O–H groups in total. The molecule has 1 aliphatic heterocycles. The molecule has 1 atom stereocenters. The van der Waals surface area contributed by atoms with Crippen molar-refractivity contribution in [3.05, 3.63) is 33.8 Å². The van der Waals surface area contributed by atoms with Gasteiger partial charge < -0.3 is 20.3 Å². The smallest absolute Gasteiger partial charge is 0.407 e. The third-order valence-corrected chi connectivity index (χ3v) is 5.99. The lowest BCUT2D eigenvalue weighted by molar-refractivity contribution is -0.122. The molecule has 1 aliphatic rings. The van der Waals surface area contributed by atoms with Gasteiger partial charge in [-0.15, -0.1) is 0 Å². The van der Waals surface area contributed by atoms with Gasteiger partial charge in [0.1, 0.15) is 0 Å². The number of carbonyl (C=O) groups excluding carboxylic acids is 2. The van der Waals surface area contributed by atoms with E-state index in [0.717, 1.165) is 38.0 Å². The second-order valence-electron chi connectivity index (χ2n) is 9.06. The second kappa shape index (κ2) is 11.2. The number of benzene rings is 1. The molecule has 0 bridgehead atoms. The van der Waals surface area contributed by atoms with Crippen LogP contribution in [-0.2, 0) is 16.1 Å². The van der Waals surface area contributed by atoms with Gasteiger partial charge in [0.2, 0.25) is 5.91 Å². The molecule has 6 nitrogen and oxygen atoms in total. The molecule has 2 amide bonds. The van der Waals surface area contributed by atoms with Gasteiger partial charge in [-0.1, -0.05) is 44.0 Å². The van der Waals surface area contributed by atoms with Crippen LogP contribution in [0.25, 0.3) is 0 Å². The summed E-state index contributed by atoms with van der Waals surface area (Å²) in [7, 11) is 1.38. The van der Waals surface area contributed by atoms with E-state index in [1.807, 2.05) is 0 Å². The van der Waals surface area contributed by atoms with Crippen molar-refractivity contribution >= 4 is 35.2 Å². The molecular weight excluding hydrogens is 425 g/mol. The normalized spacial score (nSPS) is 16.7. The van der Waals surface area contributed by atoms with Crippen LogP contribution in [0.3, 0.4) is 0 Å². The Balaban J connectivity index is 1.76. The first-order chi connectivity index (χ1) is 14.1. The molecule has 8 heteroatoms. The van der Waals surface area contributed by atoms with Crippen LogP contribution < -0.4 is 10.6 Å². The van der Waals surface area contributed by atoms with E-state index in [0.29, 0.717) is 28.9 Å². The summed E-state index contributed by atoms with van der Waals surface area (Å²) in [6.07, 6.45) is 2.05. The van der Waals surface area contributed by atoms with Crippen LogP contribution in [0.1, 0.15) is 45.6 Å².